The number of carbonyl (C=O) groups excluding carboxylic acids is 1. The second kappa shape index (κ2) is 8.44. The van der Waals surface area contributed by atoms with Gasteiger partial charge >= 0.3 is 0 Å². The summed E-state index contributed by atoms with van der Waals surface area (Å²) >= 11 is 1.41. The number of hydrogen-bond donors (Lipinski definition) is 1. The molecule has 3 nitrogen and oxygen atoms in total. The van der Waals surface area contributed by atoms with Gasteiger partial charge in [-0.1, -0.05) is 74.6 Å². The summed E-state index contributed by atoms with van der Waals surface area (Å²) in [5.74, 6) is -0.507. The van der Waals surface area contributed by atoms with Gasteiger partial charge in [-0.25, -0.2) is 9.37 Å². The van der Waals surface area contributed by atoms with Crippen molar-refractivity contribution in [3.8, 4) is 21.7 Å². The number of rotatable bonds is 4. The van der Waals surface area contributed by atoms with Gasteiger partial charge in [0.15, 0.2) is 5.13 Å². The first-order valence-corrected chi connectivity index (χ1v) is 10.9. The topological polar surface area (TPSA) is 42.0 Å². The van der Waals surface area contributed by atoms with Crippen molar-refractivity contribution in [1.29, 1.82) is 0 Å². The molecule has 0 bridgehead atoms. The van der Waals surface area contributed by atoms with E-state index in [4.69, 9.17) is 0 Å². The van der Waals surface area contributed by atoms with Gasteiger partial charge in [-0.15, -0.1) is 0 Å². The summed E-state index contributed by atoms with van der Waals surface area (Å²) in [4.78, 5) is 18.4. The molecule has 0 unspecified atom stereocenters. The Hall–Kier alpha value is -3.31. The molecule has 0 spiro atoms. The maximum atomic E-state index is 13.4. The summed E-state index contributed by atoms with van der Waals surface area (Å²) in [7, 11) is 0. The molecule has 31 heavy (non-hydrogen) atoms. The molecule has 1 aromatic heterocycles. The fourth-order valence-electron chi connectivity index (χ4n) is 3.25. The maximum absolute atomic E-state index is 13.4. The molecule has 0 radical (unpaired) electrons. The summed E-state index contributed by atoms with van der Waals surface area (Å²) < 4.78 is 13.4. The van der Waals surface area contributed by atoms with Gasteiger partial charge in [0.05, 0.1) is 10.6 Å². The first kappa shape index (κ1) is 20.9. The molecule has 5 heteroatoms. The van der Waals surface area contributed by atoms with Crippen molar-refractivity contribution in [2.45, 2.75) is 26.2 Å². The highest BCUT2D eigenvalue weighted by atomic mass is 32.1. The van der Waals surface area contributed by atoms with Gasteiger partial charge in [-0.05, 0) is 52.9 Å². The fourth-order valence-corrected chi connectivity index (χ4v) is 4.24. The molecule has 0 aliphatic carbocycles. The van der Waals surface area contributed by atoms with Gasteiger partial charge in [-0.3, -0.25) is 10.1 Å². The number of halogens is 1. The molecule has 4 aromatic rings. The van der Waals surface area contributed by atoms with E-state index in [0.717, 1.165) is 21.7 Å². The summed E-state index contributed by atoms with van der Waals surface area (Å²) in [6, 6.07) is 23.7. The molecular weight excluding hydrogens is 407 g/mol. The standard InChI is InChI=1S/C26H23FN2OS/c1-26(2,3)20-13-9-19(10-14-20)24(30)29-25-28-22(17-11-15-21(27)16-12-17)23(31-25)18-7-5-4-6-8-18/h4-16H,1-3H3,(H,28,29,30). The van der Waals surface area contributed by atoms with Crippen LogP contribution in [0, 0.1) is 5.82 Å². The molecule has 0 aliphatic rings. The van der Waals surface area contributed by atoms with Crippen LogP contribution in [0.15, 0.2) is 78.9 Å². The van der Waals surface area contributed by atoms with Gasteiger partial charge in [0.25, 0.3) is 5.91 Å². The minimum atomic E-state index is -0.299. The predicted octanol–water partition coefficient (Wildman–Crippen LogP) is 7.17. The molecule has 1 N–H and O–H groups in total. The number of benzene rings is 3. The largest absolute Gasteiger partial charge is 0.298 e. The van der Waals surface area contributed by atoms with E-state index in [2.05, 4.69) is 31.1 Å². The lowest BCUT2D eigenvalue weighted by Gasteiger charge is -2.18. The molecular formula is C26H23FN2OS. The van der Waals surface area contributed by atoms with Crippen molar-refractivity contribution in [1.82, 2.24) is 4.98 Å². The van der Waals surface area contributed by atoms with E-state index < -0.39 is 0 Å². The van der Waals surface area contributed by atoms with E-state index in [9.17, 15) is 9.18 Å². The Kier molecular flexibility index (Phi) is 5.70. The second-order valence-electron chi connectivity index (χ2n) is 8.35. The number of amides is 1. The predicted molar refractivity (Wildman–Crippen MR) is 126 cm³/mol. The zero-order valence-corrected chi connectivity index (χ0v) is 18.5. The molecule has 3 aromatic carbocycles. The van der Waals surface area contributed by atoms with Crippen LogP contribution in [-0.2, 0) is 5.41 Å². The first-order valence-electron chi connectivity index (χ1n) is 10.1. The van der Waals surface area contributed by atoms with Crippen molar-refractivity contribution in [2.75, 3.05) is 5.32 Å². The zero-order valence-electron chi connectivity index (χ0n) is 17.6. The number of hydrogen-bond acceptors (Lipinski definition) is 3. The van der Waals surface area contributed by atoms with E-state index in [0.29, 0.717) is 10.7 Å². The minimum absolute atomic E-state index is 0.0267. The Balaban J connectivity index is 1.66. The monoisotopic (exact) mass is 430 g/mol. The second-order valence-corrected chi connectivity index (χ2v) is 9.35. The normalized spacial score (nSPS) is 11.4. The molecule has 4 rings (SSSR count). The smallest absolute Gasteiger partial charge is 0.257 e. The van der Waals surface area contributed by atoms with E-state index in [1.807, 2.05) is 54.6 Å². The van der Waals surface area contributed by atoms with Gasteiger partial charge in [-0.2, -0.15) is 0 Å². The number of nitrogens with zero attached hydrogens (tertiary/aromatic N) is 1. The molecule has 0 fully saturated rings. The summed E-state index contributed by atoms with van der Waals surface area (Å²) in [6.45, 7) is 6.42. The van der Waals surface area contributed by atoms with Crippen LogP contribution < -0.4 is 5.32 Å². The van der Waals surface area contributed by atoms with Gasteiger partial charge < -0.3 is 0 Å². The van der Waals surface area contributed by atoms with Crippen LogP contribution in [0.2, 0.25) is 0 Å². The highest BCUT2D eigenvalue weighted by Crippen LogP contribution is 2.39. The summed E-state index contributed by atoms with van der Waals surface area (Å²) in [5, 5.41) is 3.43. The van der Waals surface area contributed by atoms with Crippen LogP contribution in [0.25, 0.3) is 21.7 Å². The average molecular weight is 431 g/mol. The van der Waals surface area contributed by atoms with E-state index in [1.165, 1.54) is 29.0 Å². The zero-order chi connectivity index (χ0) is 22.0. The van der Waals surface area contributed by atoms with Crippen LogP contribution in [0.1, 0.15) is 36.7 Å². The number of thiazole rings is 1. The number of anilines is 1. The molecule has 0 atom stereocenters. The number of carbonyl (C=O) groups is 1. The lowest BCUT2D eigenvalue weighted by molar-refractivity contribution is 0.102. The SMILES string of the molecule is CC(C)(C)c1ccc(C(=O)Nc2nc(-c3ccc(F)cc3)c(-c3ccccc3)s2)cc1. The lowest BCUT2D eigenvalue weighted by atomic mass is 9.87. The minimum Gasteiger partial charge on any atom is -0.298 e. The molecule has 1 heterocycles. The van der Waals surface area contributed by atoms with Gasteiger partial charge in [0.2, 0.25) is 0 Å². The molecule has 1 amide bonds. The van der Waals surface area contributed by atoms with Crippen LogP contribution in [0.5, 0.6) is 0 Å². The average Bonchev–Trinajstić information content (AvgIpc) is 3.18. The van der Waals surface area contributed by atoms with Crippen LogP contribution in [0.3, 0.4) is 0 Å². The van der Waals surface area contributed by atoms with Gasteiger partial charge in [0.1, 0.15) is 5.82 Å². The van der Waals surface area contributed by atoms with Crippen molar-refractivity contribution in [3.05, 3.63) is 95.8 Å². The highest BCUT2D eigenvalue weighted by Gasteiger charge is 2.18. The Morgan fingerprint density at radius 3 is 2.13 bits per heavy atom. The number of aromatic nitrogens is 1. The quantitative estimate of drug-likeness (QED) is 0.373. The van der Waals surface area contributed by atoms with Gasteiger partial charge in [0, 0.05) is 11.1 Å². The molecule has 0 aliphatic heterocycles. The molecule has 0 saturated carbocycles. The maximum Gasteiger partial charge on any atom is 0.257 e. The highest BCUT2D eigenvalue weighted by molar-refractivity contribution is 7.19. The van der Waals surface area contributed by atoms with E-state index >= 15 is 0 Å². The Labute approximate surface area is 185 Å². The van der Waals surface area contributed by atoms with Crippen LogP contribution in [0.4, 0.5) is 9.52 Å². The molecule has 0 saturated heterocycles. The van der Waals surface area contributed by atoms with Crippen molar-refractivity contribution in [3.63, 3.8) is 0 Å². The lowest BCUT2D eigenvalue weighted by Crippen LogP contribution is -2.14. The Morgan fingerprint density at radius 1 is 0.871 bits per heavy atom. The van der Waals surface area contributed by atoms with Crippen molar-refractivity contribution >= 4 is 22.4 Å². The van der Waals surface area contributed by atoms with Crippen LogP contribution in [-0.4, -0.2) is 10.9 Å². The Bertz CT molecular complexity index is 1190. The third-order valence-corrected chi connectivity index (χ3v) is 6.03. The van der Waals surface area contributed by atoms with E-state index in [1.54, 1.807) is 12.1 Å². The van der Waals surface area contributed by atoms with Crippen molar-refractivity contribution < 1.29 is 9.18 Å². The summed E-state index contributed by atoms with van der Waals surface area (Å²) in [5.41, 5.74) is 4.28. The Morgan fingerprint density at radius 2 is 1.52 bits per heavy atom. The van der Waals surface area contributed by atoms with Crippen LogP contribution >= 0.6 is 11.3 Å². The third kappa shape index (κ3) is 4.72. The van der Waals surface area contributed by atoms with E-state index in [-0.39, 0.29) is 17.1 Å². The molecule has 156 valence electrons. The summed E-state index contributed by atoms with van der Waals surface area (Å²) in [6.07, 6.45) is 0. The fraction of sp³-hybridized carbons (Fsp3) is 0.154. The third-order valence-electron chi connectivity index (χ3n) is 5.01. The first-order chi connectivity index (χ1) is 14.8. The van der Waals surface area contributed by atoms with Crippen molar-refractivity contribution in [2.24, 2.45) is 0 Å². The number of nitrogens with one attached hydrogen (secondary N) is 1.